The molecule has 1 saturated carbocycles. The first-order chi connectivity index (χ1) is 20.1. The largest absolute Gasteiger partial charge is 0.383 e. The highest BCUT2D eigenvalue weighted by Crippen LogP contribution is 2.38. The van der Waals surface area contributed by atoms with Crippen molar-refractivity contribution in [2.75, 3.05) is 17.2 Å². The minimum Gasteiger partial charge on any atom is -0.383 e. The van der Waals surface area contributed by atoms with E-state index < -0.39 is 17.5 Å². The molecule has 11 heteroatoms. The van der Waals surface area contributed by atoms with Crippen LogP contribution in [0.2, 0.25) is 5.02 Å². The summed E-state index contributed by atoms with van der Waals surface area (Å²) in [5.41, 5.74) is 8.57. The van der Waals surface area contributed by atoms with Crippen molar-refractivity contribution in [2.45, 2.75) is 58.0 Å². The van der Waals surface area contributed by atoms with Gasteiger partial charge in [0.2, 0.25) is 5.91 Å². The van der Waals surface area contributed by atoms with Gasteiger partial charge in [-0.1, -0.05) is 68.6 Å². The summed E-state index contributed by atoms with van der Waals surface area (Å²) >= 11 is 6.67. The Balaban J connectivity index is 1.63. The number of hydrogen-bond acceptors (Lipinski definition) is 8. The second kappa shape index (κ2) is 11.3. The number of nitrogens with one attached hydrogen (secondary N) is 2. The molecule has 1 atom stereocenters. The zero-order chi connectivity index (χ0) is 30.1. The van der Waals surface area contributed by atoms with E-state index in [2.05, 4.69) is 58.8 Å². The number of carbonyl (C=O) groups excluding carboxylic acids is 1. The summed E-state index contributed by atoms with van der Waals surface area (Å²) in [4.78, 5) is 17.0. The molecule has 214 valence electrons. The molecule has 2 aromatic heterocycles. The van der Waals surface area contributed by atoms with E-state index in [1.165, 1.54) is 6.20 Å². The van der Waals surface area contributed by atoms with Gasteiger partial charge in [-0.2, -0.15) is 10.5 Å². The molecule has 0 saturated heterocycles. The van der Waals surface area contributed by atoms with Gasteiger partial charge in [-0.05, 0) is 42.0 Å². The quantitative estimate of drug-likeness (QED) is 0.241. The molecule has 2 heterocycles. The van der Waals surface area contributed by atoms with E-state index in [4.69, 9.17) is 17.3 Å². The lowest BCUT2D eigenvalue weighted by Gasteiger charge is -2.25. The maximum Gasteiger partial charge on any atom is 0.245 e. The Kier molecular flexibility index (Phi) is 7.77. The van der Waals surface area contributed by atoms with Gasteiger partial charge in [0.05, 0.1) is 34.6 Å². The van der Waals surface area contributed by atoms with Crippen LogP contribution in [0.1, 0.15) is 74.9 Å². The standard InChI is InChI=1S/C31H32ClN9O/c1-30(2,3)18-37-27-20(15-34)16-36-26-19(14-33)12-21(13-23(26)27)38-28(22-8-4-5-9-24(22)32)25-17-41(40-39-25)31(29(35)42)10-6-7-11-31/h4-5,8-9,12-13,16-17,28,38H,6-7,10-11,18H2,1-3H3,(H2,35,42)(H,36,37)/t28-/m0/s1. The fraction of sp³-hybridized carbons (Fsp3) is 0.355. The zero-order valence-corrected chi connectivity index (χ0v) is 24.5. The van der Waals surface area contributed by atoms with Crippen LogP contribution in [0.5, 0.6) is 0 Å². The fourth-order valence-electron chi connectivity index (χ4n) is 5.45. The minimum atomic E-state index is -0.916. The van der Waals surface area contributed by atoms with E-state index in [0.717, 1.165) is 18.4 Å². The van der Waals surface area contributed by atoms with Crippen LogP contribution in [0.4, 0.5) is 11.4 Å². The maximum absolute atomic E-state index is 12.5. The van der Waals surface area contributed by atoms with Gasteiger partial charge in [-0.3, -0.25) is 9.78 Å². The molecule has 0 aliphatic heterocycles. The van der Waals surface area contributed by atoms with Crippen LogP contribution in [-0.2, 0) is 10.3 Å². The van der Waals surface area contributed by atoms with Crippen LogP contribution in [0.15, 0.2) is 48.8 Å². The number of anilines is 2. The molecule has 0 spiro atoms. The van der Waals surface area contributed by atoms with Crippen LogP contribution < -0.4 is 16.4 Å². The number of pyridine rings is 1. The SMILES string of the molecule is CC(C)(C)CNc1c(C#N)cnc2c(C#N)cc(N[C@H](c3cn(C4(C(N)=O)CCCC4)nn3)c3ccccc3Cl)cc12. The van der Waals surface area contributed by atoms with Crippen molar-refractivity contribution in [3.63, 3.8) is 0 Å². The Morgan fingerprint density at radius 2 is 1.88 bits per heavy atom. The van der Waals surface area contributed by atoms with E-state index in [0.29, 0.717) is 63.5 Å². The van der Waals surface area contributed by atoms with Gasteiger partial charge < -0.3 is 16.4 Å². The lowest BCUT2D eigenvalue weighted by molar-refractivity contribution is -0.126. The number of nitrogens with zero attached hydrogens (tertiary/aromatic N) is 6. The highest BCUT2D eigenvalue weighted by Gasteiger charge is 2.43. The highest BCUT2D eigenvalue weighted by molar-refractivity contribution is 6.31. The van der Waals surface area contributed by atoms with Crippen molar-refractivity contribution in [1.29, 1.82) is 10.5 Å². The first-order valence-electron chi connectivity index (χ1n) is 13.8. The Labute approximate surface area is 249 Å². The molecule has 1 aliphatic carbocycles. The number of nitriles is 2. The summed E-state index contributed by atoms with van der Waals surface area (Å²) in [5, 5.41) is 36.8. The molecule has 4 N–H and O–H groups in total. The van der Waals surface area contributed by atoms with Crippen LogP contribution in [0.25, 0.3) is 10.9 Å². The molecule has 1 fully saturated rings. The Morgan fingerprint density at radius 3 is 2.52 bits per heavy atom. The third-order valence-corrected chi connectivity index (χ3v) is 8.01. The van der Waals surface area contributed by atoms with Crippen molar-refractivity contribution in [2.24, 2.45) is 11.1 Å². The van der Waals surface area contributed by atoms with Gasteiger partial charge >= 0.3 is 0 Å². The lowest BCUT2D eigenvalue weighted by Crippen LogP contribution is -2.44. The molecular formula is C31H32ClN9O. The van der Waals surface area contributed by atoms with Gasteiger partial charge in [-0.15, -0.1) is 5.10 Å². The topological polar surface area (TPSA) is 158 Å². The number of hydrogen-bond donors (Lipinski definition) is 3. The fourth-order valence-corrected chi connectivity index (χ4v) is 5.70. The van der Waals surface area contributed by atoms with Crippen LogP contribution in [0, 0.1) is 28.1 Å². The normalized spacial score (nSPS) is 15.1. The number of rotatable bonds is 8. The second-order valence-corrected chi connectivity index (χ2v) is 12.3. The number of primary amides is 1. The van der Waals surface area contributed by atoms with Gasteiger partial charge in [0.15, 0.2) is 0 Å². The minimum absolute atomic E-state index is 0.0567. The van der Waals surface area contributed by atoms with Crippen molar-refractivity contribution in [3.05, 3.63) is 76.2 Å². The van der Waals surface area contributed by atoms with Crippen LogP contribution in [0.3, 0.4) is 0 Å². The maximum atomic E-state index is 12.5. The number of halogens is 1. The van der Waals surface area contributed by atoms with Crippen LogP contribution in [-0.4, -0.2) is 32.4 Å². The summed E-state index contributed by atoms with van der Waals surface area (Å²) in [6, 6.07) is 14.9. The van der Waals surface area contributed by atoms with Crippen molar-refractivity contribution in [3.8, 4) is 12.1 Å². The molecule has 1 amide bonds. The lowest BCUT2D eigenvalue weighted by atomic mass is 9.96. The van der Waals surface area contributed by atoms with E-state index in [-0.39, 0.29) is 5.41 Å². The monoisotopic (exact) mass is 581 g/mol. The summed E-state index contributed by atoms with van der Waals surface area (Å²) in [5.74, 6) is -0.428. The molecule has 4 aromatic rings. The van der Waals surface area contributed by atoms with Crippen LogP contribution >= 0.6 is 11.6 Å². The van der Waals surface area contributed by atoms with E-state index in [1.54, 1.807) is 23.0 Å². The number of nitrogens with two attached hydrogens (primary N) is 1. The Morgan fingerprint density at radius 1 is 1.17 bits per heavy atom. The summed E-state index contributed by atoms with van der Waals surface area (Å²) in [7, 11) is 0. The van der Waals surface area contributed by atoms with Crippen molar-refractivity contribution >= 4 is 39.8 Å². The second-order valence-electron chi connectivity index (χ2n) is 11.9. The van der Waals surface area contributed by atoms with E-state index >= 15 is 0 Å². The highest BCUT2D eigenvalue weighted by atomic mass is 35.5. The first-order valence-corrected chi connectivity index (χ1v) is 14.2. The molecular weight excluding hydrogens is 550 g/mol. The molecule has 42 heavy (non-hydrogen) atoms. The number of carbonyl (C=O) groups is 1. The smallest absolute Gasteiger partial charge is 0.245 e. The van der Waals surface area contributed by atoms with Gasteiger partial charge in [-0.25, -0.2) is 4.68 Å². The van der Waals surface area contributed by atoms with Gasteiger partial charge in [0.25, 0.3) is 0 Å². The van der Waals surface area contributed by atoms with Gasteiger partial charge in [0.1, 0.15) is 23.4 Å². The van der Waals surface area contributed by atoms with Gasteiger partial charge in [0, 0.05) is 28.8 Å². The zero-order valence-electron chi connectivity index (χ0n) is 23.8. The first kappa shape index (κ1) is 28.8. The Hall–Kier alpha value is -4.67. The van der Waals surface area contributed by atoms with Crippen molar-refractivity contribution in [1.82, 2.24) is 20.0 Å². The van der Waals surface area contributed by atoms with E-state index in [1.807, 2.05) is 24.3 Å². The number of amides is 1. The molecule has 0 unspecified atom stereocenters. The molecule has 0 bridgehead atoms. The molecule has 5 rings (SSSR count). The molecule has 10 nitrogen and oxygen atoms in total. The van der Waals surface area contributed by atoms with E-state index in [9.17, 15) is 15.3 Å². The number of fused-ring (bicyclic) bond motifs is 1. The van der Waals surface area contributed by atoms with Crippen molar-refractivity contribution < 1.29 is 4.79 Å². The number of aromatic nitrogens is 4. The summed E-state index contributed by atoms with van der Waals surface area (Å²) < 4.78 is 1.59. The number of benzene rings is 2. The predicted octanol–water partition coefficient (Wildman–Crippen LogP) is 5.64. The summed E-state index contributed by atoms with van der Waals surface area (Å²) in [6.45, 7) is 6.89. The molecule has 1 aliphatic rings. The average molecular weight is 582 g/mol. The average Bonchev–Trinajstić information content (AvgIpc) is 3.65. The molecule has 0 radical (unpaired) electrons. The molecule has 2 aromatic carbocycles. The Bertz CT molecular complexity index is 1740. The third kappa shape index (κ3) is 5.46. The predicted molar refractivity (Wildman–Crippen MR) is 162 cm³/mol. The summed E-state index contributed by atoms with van der Waals surface area (Å²) in [6.07, 6.45) is 6.19. The third-order valence-electron chi connectivity index (χ3n) is 7.67.